The molecule has 2 unspecified atom stereocenters. The second-order valence-electron chi connectivity index (χ2n) is 10.3. The lowest BCUT2D eigenvalue weighted by Crippen LogP contribution is -2.33. The van der Waals surface area contributed by atoms with Crippen molar-refractivity contribution in [3.8, 4) is 0 Å². The lowest BCUT2D eigenvalue weighted by Gasteiger charge is -2.31. The minimum atomic E-state index is -0.738. The molecule has 0 aliphatic heterocycles. The van der Waals surface area contributed by atoms with E-state index < -0.39 is 16.7 Å². The van der Waals surface area contributed by atoms with Gasteiger partial charge in [-0.15, -0.1) is 0 Å². The molecule has 4 N–H and O–H groups in total. The zero-order valence-electron chi connectivity index (χ0n) is 22.2. The van der Waals surface area contributed by atoms with Gasteiger partial charge in [-0.1, -0.05) is 87.4 Å². The Morgan fingerprint density at radius 2 is 1.45 bits per heavy atom. The van der Waals surface area contributed by atoms with Crippen LogP contribution < -0.4 is 11.3 Å². The SMILES string of the molecule is CC(CCCCC(=O)CCCCC(C)(c1ccccc1)c1co[nH]c1=O)(/C(=C/O)C(N)=O)c1ccccc1. The summed E-state index contributed by atoms with van der Waals surface area (Å²) in [5.74, 6) is -0.461. The summed E-state index contributed by atoms with van der Waals surface area (Å²) >= 11 is 0. The molecule has 0 saturated heterocycles. The molecule has 0 aliphatic rings. The highest BCUT2D eigenvalue weighted by atomic mass is 16.5. The van der Waals surface area contributed by atoms with Gasteiger partial charge in [-0.3, -0.25) is 14.4 Å². The number of H-pyrrole nitrogens is 1. The van der Waals surface area contributed by atoms with Crippen LogP contribution in [0.1, 0.15) is 81.9 Å². The van der Waals surface area contributed by atoms with E-state index in [1.54, 1.807) is 0 Å². The molecular weight excluding hydrogens is 480 g/mol. The van der Waals surface area contributed by atoms with Crippen LogP contribution >= 0.6 is 0 Å². The van der Waals surface area contributed by atoms with E-state index in [2.05, 4.69) is 5.16 Å². The molecule has 38 heavy (non-hydrogen) atoms. The van der Waals surface area contributed by atoms with Crippen LogP contribution in [0.15, 0.2) is 88.1 Å². The van der Waals surface area contributed by atoms with Gasteiger partial charge in [0.05, 0.1) is 17.4 Å². The number of carbonyl (C=O) groups excluding carboxylic acids is 2. The highest BCUT2D eigenvalue weighted by molar-refractivity contribution is 5.94. The van der Waals surface area contributed by atoms with Crippen molar-refractivity contribution in [1.29, 1.82) is 0 Å². The van der Waals surface area contributed by atoms with Crippen molar-refractivity contribution in [2.75, 3.05) is 0 Å². The van der Waals surface area contributed by atoms with Gasteiger partial charge in [-0.05, 0) is 36.8 Å². The van der Waals surface area contributed by atoms with E-state index in [1.165, 1.54) is 6.26 Å². The normalized spacial score (nSPS) is 14.9. The topological polar surface area (TPSA) is 126 Å². The van der Waals surface area contributed by atoms with Gasteiger partial charge < -0.3 is 15.4 Å². The summed E-state index contributed by atoms with van der Waals surface area (Å²) in [4.78, 5) is 37.0. The van der Waals surface area contributed by atoms with Crippen molar-refractivity contribution in [3.05, 3.63) is 106 Å². The van der Waals surface area contributed by atoms with Crippen LogP contribution in [0, 0.1) is 0 Å². The van der Waals surface area contributed by atoms with Gasteiger partial charge >= 0.3 is 0 Å². The zero-order chi connectivity index (χ0) is 27.6. The molecule has 202 valence electrons. The molecule has 2 atom stereocenters. The molecule has 0 aliphatic carbocycles. The molecule has 1 amide bonds. The zero-order valence-corrected chi connectivity index (χ0v) is 22.2. The highest BCUT2D eigenvalue weighted by Gasteiger charge is 2.34. The number of hydrogen-bond donors (Lipinski definition) is 3. The summed E-state index contributed by atoms with van der Waals surface area (Å²) in [5, 5.41) is 12.1. The summed E-state index contributed by atoms with van der Waals surface area (Å²) < 4.78 is 5.06. The van der Waals surface area contributed by atoms with Crippen LogP contribution in [-0.2, 0) is 20.4 Å². The monoisotopic (exact) mass is 518 g/mol. The summed E-state index contributed by atoms with van der Waals surface area (Å²) in [7, 11) is 0. The molecule has 0 saturated carbocycles. The molecule has 0 fully saturated rings. The fourth-order valence-corrected chi connectivity index (χ4v) is 5.32. The molecule has 0 bridgehead atoms. The number of benzene rings is 2. The van der Waals surface area contributed by atoms with Crippen LogP contribution in [0.3, 0.4) is 0 Å². The average Bonchev–Trinajstić information content (AvgIpc) is 3.36. The van der Waals surface area contributed by atoms with E-state index in [4.69, 9.17) is 10.3 Å². The number of aromatic amines is 1. The molecule has 0 spiro atoms. The molecule has 1 aromatic heterocycles. The van der Waals surface area contributed by atoms with Crippen LogP contribution in [-0.4, -0.2) is 22.0 Å². The number of nitrogens with two attached hydrogens (primary N) is 1. The fourth-order valence-electron chi connectivity index (χ4n) is 5.32. The number of ketones is 1. The Kier molecular flexibility index (Phi) is 9.88. The minimum absolute atomic E-state index is 0.160. The highest BCUT2D eigenvalue weighted by Crippen LogP contribution is 2.37. The van der Waals surface area contributed by atoms with Gasteiger partial charge in [-0.2, -0.15) is 5.16 Å². The Labute approximate surface area is 223 Å². The van der Waals surface area contributed by atoms with Gasteiger partial charge in [-0.25, -0.2) is 0 Å². The maximum atomic E-state index is 12.6. The molecule has 7 heteroatoms. The molecule has 3 aromatic rings. The van der Waals surface area contributed by atoms with Gasteiger partial charge in [0, 0.05) is 23.7 Å². The number of unbranched alkanes of at least 4 members (excludes halogenated alkanes) is 2. The standard InChI is InChI=1S/C31H38N2O5/c1-30(26(21-34)28(32)36,23-13-5-3-6-14-23)19-11-9-17-25(35)18-10-12-20-31(2,24-15-7-4-8-16-24)27-22-38-33-29(27)37/h3-8,13-16,21-22,34H,9-12,17-20H2,1-2H3,(H2,32,36)(H,33,37)/b26-21+. The number of primary amides is 1. The second-order valence-corrected chi connectivity index (χ2v) is 10.3. The second kappa shape index (κ2) is 13.1. The Bertz CT molecular complexity index is 1280. The number of rotatable bonds is 15. The third-order valence-corrected chi connectivity index (χ3v) is 7.74. The van der Waals surface area contributed by atoms with Crippen LogP contribution in [0.2, 0.25) is 0 Å². The van der Waals surface area contributed by atoms with E-state index in [-0.39, 0.29) is 16.9 Å². The van der Waals surface area contributed by atoms with Gasteiger partial charge in [0.1, 0.15) is 12.0 Å². The van der Waals surface area contributed by atoms with Crippen LogP contribution in [0.4, 0.5) is 0 Å². The number of aliphatic hydroxyl groups is 1. The molecule has 2 aromatic carbocycles. The largest absolute Gasteiger partial charge is 0.515 e. The van der Waals surface area contributed by atoms with Gasteiger partial charge in [0.2, 0.25) is 5.91 Å². The van der Waals surface area contributed by atoms with Crippen molar-refractivity contribution in [2.45, 2.75) is 76.0 Å². The summed E-state index contributed by atoms with van der Waals surface area (Å²) in [6.45, 7) is 3.93. The van der Waals surface area contributed by atoms with Crippen molar-refractivity contribution >= 4 is 11.7 Å². The first-order valence-corrected chi connectivity index (χ1v) is 13.2. The van der Waals surface area contributed by atoms with Gasteiger partial charge in [0.15, 0.2) is 0 Å². The van der Waals surface area contributed by atoms with E-state index >= 15 is 0 Å². The molecule has 3 rings (SSSR count). The van der Waals surface area contributed by atoms with Gasteiger partial charge in [0.25, 0.3) is 5.56 Å². The Morgan fingerprint density at radius 1 is 0.895 bits per heavy atom. The van der Waals surface area contributed by atoms with Crippen molar-refractivity contribution in [2.24, 2.45) is 5.73 Å². The van der Waals surface area contributed by atoms with Crippen molar-refractivity contribution in [3.63, 3.8) is 0 Å². The third-order valence-electron chi connectivity index (χ3n) is 7.74. The fraction of sp³-hybridized carbons (Fsp3) is 0.387. The first-order valence-electron chi connectivity index (χ1n) is 13.2. The number of amides is 1. The third kappa shape index (κ3) is 6.71. The number of nitrogens with one attached hydrogen (secondary N) is 1. The maximum absolute atomic E-state index is 12.6. The Morgan fingerprint density at radius 3 is 1.95 bits per heavy atom. The Balaban J connectivity index is 1.51. The minimum Gasteiger partial charge on any atom is -0.515 e. The molecule has 0 radical (unpaired) electrons. The predicted octanol–water partition coefficient (Wildman–Crippen LogP) is 5.85. The van der Waals surface area contributed by atoms with Crippen molar-refractivity contribution < 1.29 is 19.2 Å². The summed E-state index contributed by atoms with van der Waals surface area (Å²) in [6, 6.07) is 19.4. The predicted molar refractivity (Wildman–Crippen MR) is 148 cm³/mol. The molecule has 1 heterocycles. The van der Waals surface area contributed by atoms with E-state index in [0.717, 1.165) is 30.2 Å². The number of carbonyl (C=O) groups is 2. The summed E-state index contributed by atoms with van der Waals surface area (Å²) in [5.41, 5.74) is 6.75. The lowest BCUT2D eigenvalue weighted by atomic mass is 9.72. The number of aliphatic hydroxyl groups excluding tert-OH is 1. The smallest absolute Gasteiger partial charge is 0.283 e. The van der Waals surface area contributed by atoms with Crippen molar-refractivity contribution in [1.82, 2.24) is 5.16 Å². The lowest BCUT2D eigenvalue weighted by molar-refractivity contribution is -0.119. The van der Waals surface area contributed by atoms with Crippen LogP contribution in [0.5, 0.6) is 0 Å². The average molecular weight is 519 g/mol. The van der Waals surface area contributed by atoms with E-state index in [0.29, 0.717) is 44.1 Å². The maximum Gasteiger partial charge on any atom is 0.283 e. The first kappa shape index (κ1) is 28.7. The summed E-state index contributed by atoms with van der Waals surface area (Å²) in [6.07, 6.45) is 7.43. The quantitative estimate of drug-likeness (QED) is 0.132. The Hall–Kier alpha value is -3.87. The first-order chi connectivity index (χ1) is 18.2. The molecule has 7 nitrogen and oxygen atoms in total. The van der Waals surface area contributed by atoms with Crippen LogP contribution in [0.25, 0.3) is 0 Å². The number of hydrogen-bond acceptors (Lipinski definition) is 5. The molecular formula is C31H38N2O5. The van der Waals surface area contributed by atoms with E-state index in [9.17, 15) is 19.5 Å². The number of Topliss-reactive ketones (excluding diaryl/α,β-unsaturated/α-hetero) is 1. The van der Waals surface area contributed by atoms with E-state index in [1.807, 2.05) is 74.5 Å². The number of aromatic nitrogens is 1.